The SMILES string of the molecule is CCCCC1CCC(c2cc(F)c(C#N)c(F)c2)CC1. The first kappa shape index (κ1) is 15.0. The van der Waals surface area contributed by atoms with Gasteiger partial charge in [-0.3, -0.25) is 0 Å². The molecule has 0 N–H and O–H groups in total. The van der Waals surface area contributed by atoms with Crippen molar-refractivity contribution in [3.05, 3.63) is 34.9 Å². The second-order valence-electron chi connectivity index (χ2n) is 5.83. The summed E-state index contributed by atoms with van der Waals surface area (Å²) in [5, 5.41) is 8.69. The zero-order valence-electron chi connectivity index (χ0n) is 12.0. The van der Waals surface area contributed by atoms with Crippen molar-refractivity contribution in [2.75, 3.05) is 0 Å². The minimum Gasteiger partial charge on any atom is -0.205 e. The van der Waals surface area contributed by atoms with Gasteiger partial charge >= 0.3 is 0 Å². The standard InChI is InChI=1S/C17H21F2N/c1-2-3-4-12-5-7-13(8-6-12)14-9-16(18)15(11-20)17(19)10-14/h9-10,12-13H,2-8H2,1H3. The predicted molar refractivity (Wildman–Crippen MR) is 75.3 cm³/mol. The molecule has 0 atom stereocenters. The molecule has 1 fully saturated rings. The van der Waals surface area contributed by atoms with Crippen molar-refractivity contribution in [2.45, 2.75) is 57.8 Å². The summed E-state index contributed by atoms with van der Waals surface area (Å²) in [6.07, 6.45) is 8.07. The maximum Gasteiger partial charge on any atom is 0.144 e. The van der Waals surface area contributed by atoms with Crippen LogP contribution in [-0.2, 0) is 0 Å². The lowest BCUT2D eigenvalue weighted by Crippen LogP contribution is -2.14. The fourth-order valence-corrected chi connectivity index (χ4v) is 3.21. The second kappa shape index (κ2) is 6.83. The van der Waals surface area contributed by atoms with E-state index in [9.17, 15) is 8.78 Å². The summed E-state index contributed by atoms with van der Waals surface area (Å²) >= 11 is 0. The molecule has 1 aromatic carbocycles. The lowest BCUT2D eigenvalue weighted by molar-refractivity contribution is 0.303. The summed E-state index contributed by atoms with van der Waals surface area (Å²) in [5.74, 6) is -0.435. The van der Waals surface area contributed by atoms with Gasteiger partial charge in [0.25, 0.3) is 0 Å². The van der Waals surface area contributed by atoms with E-state index >= 15 is 0 Å². The third-order valence-corrected chi connectivity index (χ3v) is 4.46. The maximum absolute atomic E-state index is 13.6. The Kier molecular flexibility index (Phi) is 5.11. The van der Waals surface area contributed by atoms with Gasteiger partial charge < -0.3 is 0 Å². The van der Waals surface area contributed by atoms with Gasteiger partial charge in [0.05, 0.1) is 0 Å². The van der Waals surface area contributed by atoms with Crippen LogP contribution >= 0.6 is 0 Å². The van der Waals surface area contributed by atoms with Crippen LogP contribution in [0, 0.1) is 28.9 Å². The average molecular weight is 277 g/mol. The summed E-state index contributed by atoms with van der Waals surface area (Å²) in [5.41, 5.74) is 0.248. The largest absolute Gasteiger partial charge is 0.205 e. The number of hydrogen-bond acceptors (Lipinski definition) is 1. The van der Waals surface area contributed by atoms with E-state index in [4.69, 9.17) is 5.26 Å². The molecule has 0 spiro atoms. The van der Waals surface area contributed by atoms with Crippen molar-refractivity contribution in [1.82, 2.24) is 0 Å². The van der Waals surface area contributed by atoms with Gasteiger partial charge in [-0.2, -0.15) is 5.26 Å². The number of hydrogen-bond donors (Lipinski definition) is 0. The number of halogens is 2. The Bertz CT molecular complexity index is 473. The Hall–Kier alpha value is -1.43. The first-order chi connectivity index (χ1) is 9.65. The molecule has 0 aliphatic heterocycles. The summed E-state index contributed by atoms with van der Waals surface area (Å²) in [6.45, 7) is 2.20. The molecule has 1 nitrogen and oxygen atoms in total. The highest BCUT2D eigenvalue weighted by Crippen LogP contribution is 2.38. The summed E-state index contributed by atoms with van der Waals surface area (Å²) in [6, 6.07) is 4.27. The van der Waals surface area contributed by atoms with Crippen molar-refractivity contribution in [1.29, 1.82) is 5.26 Å². The van der Waals surface area contributed by atoms with Crippen LogP contribution in [0.1, 0.15) is 68.9 Å². The molecule has 2 rings (SSSR count). The van der Waals surface area contributed by atoms with Crippen LogP contribution in [0.25, 0.3) is 0 Å². The molecule has 0 unspecified atom stereocenters. The minimum atomic E-state index is -0.726. The highest BCUT2D eigenvalue weighted by molar-refractivity contribution is 5.36. The Labute approximate surface area is 119 Å². The predicted octanol–water partition coefficient (Wildman–Crippen LogP) is 5.30. The van der Waals surface area contributed by atoms with Crippen LogP contribution in [-0.4, -0.2) is 0 Å². The van der Waals surface area contributed by atoms with E-state index in [-0.39, 0.29) is 5.92 Å². The molecule has 1 aliphatic carbocycles. The van der Waals surface area contributed by atoms with E-state index in [2.05, 4.69) is 6.92 Å². The van der Waals surface area contributed by atoms with Crippen molar-refractivity contribution >= 4 is 0 Å². The Balaban J connectivity index is 2.02. The van der Waals surface area contributed by atoms with Crippen molar-refractivity contribution in [2.24, 2.45) is 5.92 Å². The lowest BCUT2D eigenvalue weighted by Gasteiger charge is -2.29. The van der Waals surface area contributed by atoms with Gasteiger partial charge in [-0.15, -0.1) is 0 Å². The molecule has 3 heteroatoms. The van der Waals surface area contributed by atoms with Crippen LogP contribution in [0.3, 0.4) is 0 Å². The normalized spacial score (nSPS) is 22.5. The quantitative estimate of drug-likeness (QED) is 0.732. The molecule has 20 heavy (non-hydrogen) atoms. The van der Waals surface area contributed by atoms with Crippen molar-refractivity contribution in [3.63, 3.8) is 0 Å². The third-order valence-electron chi connectivity index (χ3n) is 4.46. The van der Waals surface area contributed by atoms with Gasteiger partial charge in [0.2, 0.25) is 0 Å². The van der Waals surface area contributed by atoms with Gasteiger partial charge in [-0.25, -0.2) is 8.78 Å². The van der Waals surface area contributed by atoms with E-state index in [0.29, 0.717) is 5.56 Å². The monoisotopic (exact) mass is 277 g/mol. The highest BCUT2D eigenvalue weighted by Gasteiger charge is 2.23. The van der Waals surface area contributed by atoms with Crippen molar-refractivity contribution < 1.29 is 8.78 Å². The molecule has 108 valence electrons. The van der Waals surface area contributed by atoms with Gasteiger partial charge in [-0.05, 0) is 55.2 Å². The summed E-state index contributed by atoms with van der Waals surface area (Å²) in [7, 11) is 0. The molecule has 0 aromatic heterocycles. The van der Waals surface area contributed by atoms with Gasteiger partial charge in [0, 0.05) is 0 Å². The number of benzene rings is 1. The van der Waals surface area contributed by atoms with Gasteiger partial charge in [-0.1, -0.05) is 26.2 Å². The number of nitriles is 1. The van der Waals surface area contributed by atoms with Crippen LogP contribution in [0.5, 0.6) is 0 Å². The molecule has 0 saturated heterocycles. The van der Waals surface area contributed by atoms with Crippen LogP contribution in [0.15, 0.2) is 12.1 Å². The molecule has 1 aromatic rings. The summed E-state index contributed by atoms with van der Waals surface area (Å²) < 4.78 is 27.3. The van der Waals surface area contributed by atoms with E-state index in [1.807, 2.05) is 0 Å². The van der Waals surface area contributed by atoms with Gasteiger partial charge in [0.1, 0.15) is 23.3 Å². The highest BCUT2D eigenvalue weighted by atomic mass is 19.1. The third kappa shape index (κ3) is 3.36. The van der Waals surface area contributed by atoms with E-state index < -0.39 is 17.2 Å². The Morgan fingerprint density at radius 1 is 1.15 bits per heavy atom. The molecule has 0 bridgehead atoms. The fourth-order valence-electron chi connectivity index (χ4n) is 3.21. The molecular formula is C17H21F2N. The van der Waals surface area contributed by atoms with Crippen LogP contribution < -0.4 is 0 Å². The molecule has 0 heterocycles. The smallest absolute Gasteiger partial charge is 0.144 e. The number of rotatable bonds is 4. The molecular weight excluding hydrogens is 256 g/mol. The topological polar surface area (TPSA) is 23.8 Å². The number of nitrogens with zero attached hydrogens (tertiary/aromatic N) is 1. The fraction of sp³-hybridized carbons (Fsp3) is 0.588. The minimum absolute atomic E-state index is 0.240. The van der Waals surface area contributed by atoms with Crippen molar-refractivity contribution in [3.8, 4) is 6.07 Å². The van der Waals surface area contributed by atoms with E-state index in [1.165, 1.54) is 31.4 Å². The zero-order valence-corrected chi connectivity index (χ0v) is 12.0. The van der Waals surface area contributed by atoms with E-state index in [1.54, 1.807) is 6.07 Å². The second-order valence-corrected chi connectivity index (χ2v) is 5.83. The molecule has 0 amide bonds. The molecule has 0 radical (unpaired) electrons. The Morgan fingerprint density at radius 2 is 1.75 bits per heavy atom. The van der Waals surface area contributed by atoms with E-state index in [0.717, 1.165) is 31.6 Å². The van der Waals surface area contributed by atoms with Crippen LogP contribution in [0.2, 0.25) is 0 Å². The Morgan fingerprint density at radius 3 is 2.25 bits per heavy atom. The van der Waals surface area contributed by atoms with Crippen LogP contribution in [0.4, 0.5) is 8.78 Å². The maximum atomic E-state index is 13.6. The first-order valence-corrected chi connectivity index (χ1v) is 7.54. The average Bonchev–Trinajstić information content (AvgIpc) is 2.45. The first-order valence-electron chi connectivity index (χ1n) is 7.54. The van der Waals surface area contributed by atoms with Gasteiger partial charge in [0.15, 0.2) is 0 Å². The zero-order chi connectivity index (χ0) is 14.5. The molecule has 1 aliphatic rings. The summed E-state index contributed by atoms with van der Waals surface area (Å²) in [4.78, 5) is 0. The molecule has 1 saturated carbocycles. The lowest BCUT2D eigenvalue weighted by atomic mass is 9.77. The number of unbranched alkanes of at least 4 members (excludes halogenated alkanes) is 1.